The Labute approximate surface area is 136 Å². The Bertz CT molecular complexity index is 709. The number of aromatic amines is 1. The first-order valence-electron chi connectivity index (χ1n) is 8.59. The van der Waals surface area contributed by atoms with Crippen molar-refractivity contribution in [3.05, 3.63) is 53.6 Å². The fraction of sp³-hybridized carbons (Fsp3) is 0.421. The number of pyridine rings is 1. The molecule has 0 spiro atoms. The van der Waals surface area contributed by atoms with Crippen LogP contribution in [0.1, 0.15) is 49.8 Å². The third-order valence-electron chi connectivity index (χ3n) is 4.97. The Morgan fingerprint density at radius 1 is 1.22 bits per heavy atom. The molecule has 2 aromatic rings. The molecule has 4 heteroatoms. The van der Waals surface area contributed by atoms with E-state index in [9.17, 15) is 0 Å². The van der Waals surface area contributed by atoms with Crippen LogP contribution >= 0.6 is 0 Å². The molecule has 1 aliphatic heterocycles. The van der Waals surface area contributed by atoms with Crippen LogP contribution in [-0.2, 0) is 0 Å². The zero-order valence-corrected chi connectivity index (χ0v) is 13.3. The second-order valence-corrected chi connectivity index (χ2v) is 6.49. The average Bonchev–Trinajstić information content (AvgIpc) is 3.09. The van der Waals surface area contributed by atoms with Gasteiger partial charge in [-0.3, -0.25) is 15.1 Å². The van der Waals surface area contributed by atoms with E-state index in [2.05, 4.69) is 27.3 Å². The van der Waals surface area contributed by atoms with Crippen molar-refractivity contribution in [3.8, 4) is 0 Å². The van der Waals surface area contributed by atoms with E-state index in [1.165, 1.54) is 30.4 Å². The van der Waals surface area contributed by atoms with Gasteiger partial charge in [-0.15, -0.1) is 0 Å². The second-order valence-electron chi connectivity index (χ2n) is 6.49. The number of hydrogen-bond donors (Lipinski definition) is 1. The lowest BCUT2D eigenvalue weighted by molar-refractivity contribution is 0.323. The maximum Gasteiger partial charge on any atom is 0.0883 e. The molecule has 2 aliphatic rings. The molecule has 1 fully saturated rings. The van der Waals surface area contributed by atoms with Gasteiger partial charge in [0, 0.05) is 30.7 Å². The number of hydrogen-bond acceptors (Lipinski definition) is 3. The molecule has 4 rings (SSSR count). The van der Waals surface area contributed by atoms with E-state index < -0.39 is 0 Å². The van der Waals surface area contributed by atoms with Crippen LogP contribution in [0, 0.1) is 5.92 Å². The maximum absolute atomic E-state index is 4.84. The summed E-state index contributed by atoms with van der Waals surface area (Å²) in [4.78, 5) is 9.12. The summed E-state index contributed by atoms with van der Waals surface area (Å²) in [6, 6.07) is 6.20. The van der Waals surface area contributed by atoms with E-state index in [0.717, 1.165) is 48.7 Å². The highest BCUT2D eigenvalue weighted by Gasteiger charge is 2.25. The van der Waals surface area contributed by atoms with Gasteiger partial charge in [0.2, 0.25) is 0 Å². The van der Waals surface area contributed by atoms with Gasteiger partial charge in [0.05, 0.1) is 11.4 Å². The quantitative estimate of drug-likeness (QED) is 0.927. The zero-order valence-electron chi connectivity index (χ0n) is 13.3. The lowest BCUT2D eigenvalue weighted by atomic mass is 9.78. The molecular formula is C19H22N4. The molecule has 0 aromatic carbocycles. The number of nitrogens with one attached hydrogen (secondary N) is 1. The van der Waals surface area contributed by atoms with Crippen LogP contribution in [-0.4, -0.2) is 27.4 Å². The molecule has 3 heterocycles. The Kier molecular flexibility index (Phi) is 4.05. The summed E-state index contributed by atoms with van der Waals surface area (Å²) in [5, 5.41) is 7.45. The molecule has 1 aliphatic carbocycles. The van der Waals surface area contributed by atoms with Gasteiger partial charge < -0.3 is 0 Å². The lowest BCUT2D eigenvalue weighted by Crippen LogP contribution is -2.17. The smallest absolute Gasteiger partial charge is 0.0883 e. The van der Waals surface area contributed by atoms with Crippen molar-refractivity contribution in [3.63, 3.8) is 0 Å². The highest BCUT2D eigenvalue weighted by atomic mass is 15.1. The van der Waals surface area contributed by atoms with Crippen molar-refractivity contribution < 1.29 is 0 Å². The minimum Gasteiger partial charge on any atom is -0.285 e. The number of rotatable bonds is 4. The monoisotopic (exact) mass is 306 g/mol. The lowest BCUT2D eigenvalue weighted by Gasteiger charge is -2.28. The van der Waals surface area contributed by atoms with Crippen LogP contribution in [0.4, 0.5) is 0 Å². The van der Waals surface area contributed by atoms with Gasteiger partial charge in [-0.25, -0.2) is 0 Å². The molecule has 0 bridgehead atoms. The largest absolute Gasteiger partial charge is 0.285 e. The van der Waals surface area contributed by atoms with Crippen molar-refractivity contribution >= 4 is 11.3 Å². The van der Waals surface area contributed by atoms with E-state index in [1.54, 1.807) is 0 Å². The Morgan fingerprint density at radius 3 is 2.87 bits per heavy atom. The normalized spacial score (nSPS) is 20.8. The fourth-order valence-corrected chi connectivity index (χ4v) is 3.52. The minimum atomic E-state index is 0.811. The molecule has 0 saturated heterocycles. The summed E-state index contributed by atoms with van der Waals surface area (Å²) in [6.07, 6.45) is 13.1. The van der Waals surface area contributed by atoms with Crippen molar-refractivity contribution in [1.29, 1.82) is 0 Å². The number of aliphatic imine (C=N–C) groups is 1. The maximum atomic E-state index is 4.84. The summed E-state index contributed by atoms with van der Waals surface area (Å²) in [5.41, 5.74) is 6.11. The molecule has 0 radical (unpaired) electrons. The highest BCUT2D eigenvalue weighted by molar-refractivity contribution is 6.16. The van der Waals surface area contributed by atoms with E-state index >= 15 is 0 Å². The molecule has 1 N–H and O–H groups in total. The first-order valence-corrected chi connectivity index (χ1v) is 8.59. The summed E-state index contributed by atoms with van der Waals surface area (Å²) >= 11 is 0. The zero-order chi connectivity index (χ0) is 15.5. The number of H-pyrrole nitrogens is 1. The van der Waals surface area contributed by atoms with Gasteiger partial charge in [0.15, 0.2) is 0 Å². The van der Waals surface area contributed by atoms with Gasteiger partial charge >= 0.3 is 0 Å². The molecule has 0 amide bonds. The van der Waals surface area contributed by atoms with Crippen molar-refractivity contribution in [2.75, 3.05) is 6.54 Å². The summed E-state index contributed by atoms with van der Waals surface area (Å²) in [6.45, 7) is 0.908. The minimum absolute atomic E-state index is 0.811. The van der Waals surface area contributed by atoms with Gasteiger partial charge in [0.1, 0.15) is 0 Å². The third-order valence-corrected chi connectivity index (χ3v) is 4.97. The number of nitrogens with zero attached hydrogens (tertiary/aromatic N) is 3. The summed E-state index contributed by atoms with van der Waals surface area (Å²) < 4.78 is 0. The van der Waals surface area contributed by atoms with E-state index in [4.69, 9.17) is 4.99 Å². The number of aromatic nitrogens is 3. The molecule has 2 aromatic heterocycles. The highest BCUT2D eigenvalue weighted by Crippen LogP contribution is 2.38. The van der Waals surface area contributed by atoms with Crippen LogP contribution < -0.4 is 0 Å². The van der Waals surface area contributed by atoms with Crippen LogP contribution in [0.5, 0.6) is 0 Å². The fourth-order valence-electron chi connectivity index (χ4n) is 3.52. The van der Waals surface area contributed by atoms with Crippen LogP contribution in [0.15, 0.2) is 47.4 Å². The van der Waals surface area contributed by atoms with Crippen LogP contribution in [0.3, 0.4) is 0 Å². The standard InChI is InChI=1S/C19H22N4/c1-4-14(5-1)12-17(18-8-11-22-23-18)16-7-3-10-21-19(16)15-6-2-9-20-13-15/h2,6,8-9,11,13-14H,1,3-5,7,10,12H2,(H,22,23). The Morgan fingerprint density at radius 2 is 2.17 bits per heavy atom. The molecule has 1 saturated carbocycles. The van der Waals surface area contributed by atoms with Crippen molar-refractivity contribution in [1.82, 2.24) is 15.2 Å². The molecule has 0 atom stereocenters. The van der Waals surface area contributed by atoms with Crippen LogP contribution in [0.25, 0.3) is 5.57 Å². The summed E-state index contributed by atoms with van der Waals surface area (Å²) in [7, 11) is 0. The van der Waals surface area contributed by atoms with Crippen LogP contribution in [0.2, 0.25) is 0 Å². The predicted molar refractivity (Wildman–Crippen MR) is 92.3 cm³/mol. The predicted octanol–water partition coefficient (Wildman–Crippen LogP) is 4.03. The first-order chi connectivity index (χ1) is 11.4. The Balaban J connectivity index is 1.78. The topological polar surface area (TPSA) is 53.9 Å². The van der Waals surface area contributed by atoms with Gasteiger partial charge in [-0.05, 0) is 54.5 Å². The molecule has 4 nitrogen and oxygen atoms in total. The SMILES string of the molecule is c1cncc(C2=NCCCC2=C(CC2CCC2)c2cc[nH]n2)c1. The van der Waals surface area contributed by atoms with E-state index in [-0.39, 0.29) is 0 Å². The van der Waals surface area contributed by atoms with E-state index in [1.807, 2.05) is 24.7 Å². The van der Waals surface area contributed by atoms with Gasteiger partial charge in [-0.1, -0.05) is 19.3 Å². The second kappa shape index (κ2) is 6.49. The third kappa shape index (κ3) is 2.98. The number of allylic oxidation sites excluding steroid dienone is 2. The summed E-state index contributed by atoms with van der Waals surface area (Å²) in [5.74, 6) is 0.811. The first kappa shape index (κ1) is 14.4. The average molecular weight is 306 g/mol. The molecular weight excluding hydrogens is 284 g/mol. The molecule has 23 heavy (non-hydrogen) atoms. The molecule has 118 valence electrons. The van der Waals surface area contributed by atoms with Crippen molar-refractivity contribution in [2.24, 2.45) is 10.9 Å². The van der Waals surface area contributed by atoms with Gasteiger partial charge in [-0.2, -0.15) is 5.10 Å². The van der Waals surface area contributed by atoms with E-state index in [0.29, 0.717) is 0 Å². The van der Waals surface area contributed by atoms with Crippen molar-refractivity contribution in [2.45, 2.75) is 38.5 Å². The Hall–Kier alpha value is -2.23. The molecule has 0 unspecified atom stereocenters. The van der Waals surface area contributed by atoms with Gasteiger partial charge in [0.25, 0.3) is 0 Å².